The summed E-state index contributed by atoms with van der Waals surface area (Å²) >= 11 is 0. The van der Waals surface area contributed by atoms with Gasteiger partial charge in [0.25, 0.3) is 0 Å². The largest absolute Gasteiger partial charge is 0.487 e. The van der Waals surface area contributed by atoms with Crippen LogP contribution in [0.15, 0.2) is 18.2 Å². The van der Waals surface area contributed by atoms with E-state index in [1.807, 2.05) is 20.8 Å². The number of benzene rings is 1. The van der Waals surface area contributed by atoms with Gasteiger partial charge in [-0.15, -0.1) is 0 Å². The van der Waals surface area contributed by atoms with Crippen molar-refractivity contribution in [2.45, 2.75) is 65.2 Å². The second-order valence-electron chi connectivity index (χ2n) is 8.38. The third kappa shape index (κ3) is 5.92. The fourth-order valence-corrected chi connectivity index (χ4v) is 2.91. The maximum absolute atomic E-state index is 11.9. The number of nitrogens with one attached hydrogen (secondary N) is 1. The fourth-order valence-electron chi connectivity index (χ4n) is 2.91. The van der Waals surface area contributed by atoms with Crippen molar-refractivity contribution in [1.29, 1.82) is 0 Å². The van der Waals surface area contributed by atoms with E-state index in [9.17, 15) is 4.79 Å². The Bertz CT molecular complexity index is 605. The summed E-state index contributed by atoms with van der Waals surface area (Å²) in [6, 6.07) is 6.35. The molecule has 1 aromatic carbocycles. The lowest BCUT2D eigenvalue weighted by molar-refractivity contribution is 0.0297. The van der Waals surface area contributed by atoms with Gasteiger partial charge in [0.15, 0.2) is 0 Å². The first-order valence-electron chi connectivity index (χ1n) is 9.02. The number of hydrogen-bond acceptors (Lipinski definition) is 4. The molecule has 2 rings (SSSR count). The Morgan fingerprint density at radius 3 is 2.76 bits per heavy atom. The maximum Gasteiger partial charge on any atom is 0.410 e. The molecule has 0 aromatic heterocycles. The second kappa shape index (κ2) is 7.65. The van der Waals surface area contributed by atoms with Gasteiger partial charge in [0.2, 0.25) is 0 Å². The van der Waals surface area contributed by atoms with Gasteiger partial charge in [-0.2, -0.15) is 0 Å². The van der Waals surface area contributed by atoms with E-state index in [-0.39, 0.29) is 11.7 Å². The minimum Gasteiger partial charge on any atom is -0.487 e. The zero-order chi connectivity index (χ0) is 18.7. The summed E-state index contributed by atoms with van der Waals surface area (Å²) in [7, 11) is 1.77. The van der Waals surface area contributed by atoms with Crippen molar-refractivity contribution in [3.8, 4) is 5.75 Å². The molecule has 0 radical (unpaired) electrons. The normalized spacial score (nSPS) is 15.4. The van der Waals surface area contributed by atoms with Crippen LogP contribution in [0.3, 0.4) is 0 Å². The highest BCUT2D eigenvalue weighted by Crippen LogP contribution is 2.37. The van der Waals surface area contributed by atoms with Crippen LogP contribution in [0.4, 0.5) is 4.79 Å². The molecule has 0 fully saturated rings. The monoisotopic (exact) mass is 348 g/mol. The number of fused-ring (bicyclic) bond motifs is 1. The van der Waals surface area contributed by atoms with E-state index in [4.69, 9.17) is 9.47 Å². The van der Waals surface area contributed by atoms with E-state index in [0.717, 1.165) is 31.7 Å². The lowest BCUT2D eigenvalue weighted by atomic mass is 10.0. The van der Waals surface area contributed by atoms with Crippen molar-refractivity contribution in [3.63, 3.8) is 0 Å². The number of hydrogen-bond donors (Lipinski definition) is 1. The maximum atomic E-state index is 11.9. The molecule has 5 nitrogen and oxygen atoms in total. The number of carbonyl (C=O) groups excluding carboxylic acids is 1. The zero-order valence-electron chi connectivity index (χ0n) is 16.4. The molecule has 0 saturated heterocycles. The van der Waals surface area contributed by atoms with E-state index in [1.165, 1.54) is 11.1 Å². The molecular weight excluding hydrogens is 316 g/mol. The van der Waals surface area contributed by atoms with Crippen LogP contribution in [0.2, 0.25) is 0 Å². The quantitative estimate of drug-likeness (QED) is 0.796. The molecule has 5 heteroatoms. The van der Waals surface area contributed by atoms with Gasteiger partial charge in [0.05, 0.1) is 0 Å². The van der Waals surface area contributed by atoms with Crippen molar-refractivity contribution in [1.82, 2.24) is 10.2 Å². The topological polar surface area (TPSA) is 50.8 Å². The second-order valence-corrected chi connectivity index (χ2v) is 8.38. The van der Waals surface area contributed by atoms with Crippen LogP contribution in [0, 0.1) is 0 Å². The zero-order valence-corrected chi connectivity index (χ0v) is 16.4. The highest BCUT2D eigenvalue weighted by atomic mass is 16.6. The van der Waals surface area contributed by atoms with Gasteiger partial charge in [0, 0.05) is 32.1 Å². The molecule has 140 valence electrons. The summed E-state index contributed by atoms with van der Waals surface area (Å²) in [4.78, 5) is 13.5. The van der Waals surface area contributed by atoms with E-state index in [2.05, 4.69) is 37.4 Å². The van der Waals surface area contributed by atoms with Crippen LogP contribution in [-0.2, 0) is 17.7 Å². The Morgan fingerprint density at radius 2 is 2.08 bits per heavy atom. The molecule has 0 saturated carbocycles. The summed E-state index contributed by atoms with van der Waals surface area (Å²) in [6.45, 7) is 12.1. The first kappa shape index (κ1) is 19.6. The molecule has 0 aliphatic carbocycles. The van der Waals surface area contributed by atoms with Crippen molar-refractivity contribution in [2.24, 2.45) is 0 Å². The highest BCUT2D eigenvalue weighted by Gasteiger charge is 2.31. The highest BCUT2D eigenvalue weighted by molar-refractivity contribution is 5.67. The number of para-hydroxylation sites is 1. The van der Waals surface area contributed by atoms with Gasteiger partial charge >= 0.3 is 6.09 Å². The molecule has 1 N–H and O–H groups in total. The third-order valence-corrected chi connectivity index (χ3v) is 4.04. The SMILES string of the molecule is CN(CCCNCc1cccc2c1OC(C)(C)C2)C(=O)OC(C)(C)C. The summed E-state index contributed by atoms with van der Waals surface area (Å²) in [6.07, 6.45) is 1.55. The summed E-state index contributed by atoms with van der Waals surface area (Å²) in [5.41, 5.74) is 1.91. The molecule has 0 atom stereocenters. The van der Waals surface area contributed by atoms with E-state index in [0.29, 0.717) is 6.54 Å². The van der Waals surface area contributed by atoms with Gasteiger partial charge < -0.3 is 19.7 Å². The minimum absolute atomic E-state index is 0.117. The van der Waals surface area contributed by atoms with Gasteiger partial charge in [-0.05, 0) is 53.1 Å². The number of rotatable bonds is 6. The molecule has 25 heavy (non-hydrogen) atoms. The van der Waals surface area contributed by atoms with Crippen molar-refractivity contribution in [2.75, 3.05) is 20.1 Å². The van der Waals surface area contributed by atoms with Crippen molar-refractivity contribution < 1.29 is 14.3 Å². The summed E-state index contributed by atoms with van der Waals surface area (Å²) in [5, 5.41) is 3.44. The van der Waals surface area contributed by atoms with Crippen molar-refractivity contribution >= 4 is 6.09 Å². The van der Waals surface area contributed by atoms with Crippen LogP contribution >= 0.6 is 0 Å². The number of nitrogens with zero attached hydrogens (tertiary/aromatic N) is 1. The summed E-state index contributed by atoms with van der Waals surface area (Å²) in [5.74, 6) is 1.03. The Kier molecular flexibility index (Phi) is 5.99. The average molecular weight is 348 g/mol. The molecule has 1 aliphatic rings. The summed E-state index contributed by atoms with van der Waals surface area (Å²) < 4.78 is 11.4. The van der Waals surface area contributed by atoms with Gasteiger partial charge in [-0.1, -0.05) is 18.2 Å². The van der Waals surface area contributed by atoms with Crippen LogP contribution in [0.1, 0.15) is 52.2 Å². The molecule has 1 aliphatic heterocycles. The predicted molar refractivity (Wildman–Crippen MR) is 100 cm³/mol. The van der Waals surface area contributed by atoms with Crippen LogP contribution in [-0.4, -0.2) is 42.3 Å². The smallest absolute Gasteiger partial charge is 0.410 e. The number of amides is 1. The van der Waals surface area contributed by atoms with Crippen LogP contribution in [0.5, 0.6) is 5.75 Å². The Balaban J connectivity index is 1.73. The van der Waals surface area contributed by atoms with Crippen LogP contribution in [0.25, 0.3) is 0 Å². The third-order valence-electron chi connectivity index (χ3n) is 4.04. The molecular formula is C20H32N2O3. The molecule has 1 amide bonds. The lowest BCUT2D eigenvalue weighted by Crippen LogP contribution is -2.35. The average Bonchev–Trinajstić information content (AvgIpc) is 2.79. The molecule has 1 heterocycles. The van der Waals surface area contributed by atoms with Crippen LogP contribution < -0.4 is 10.1 Å². The predicted octanol–water partition coefficient (Wildman–Crippen LogP) is 3.75. The minimum atomic E-state index is -0.453. The molecule has 0 bridgehead atoms. The standard InChI is InChI=1S/C20H32N2O3/c1-19(2,3)25-18(23)22(6)12-8-11-21-14-16-10-7-9-15-13-20(4,5)24-17(15)16/h7,9-10,21H,8,11-14H2,1-6H3. The van der Waals surface area contributed by atoms with Gasteiger partial charge in [-0.25, -0.2) is 4.79 Å². The van der Waals surface area contributed by atoms with E-state index < -0.39 is 5.60 Å². The Morgan fingerprint density at radius 1 is 1.36 bits per heavy atom. The Labute approximate surface area is 151 Å². The fraction of sp³-hybridized carbons (Fsp3) is 0.650. The molecule has 1 aromatic rings. The first-order valence-corrected chi connectivity index (χ1v) is 9.02. The first-order chi connectivity index (χ1) is 11.6. The van der Waals surface area contributed by atoms with Gasteiger partial charge in [0.1, 0.15) is 17.0 Å². The Hall–Kier alpha value is -1.75. The lowest BCUT2D eigenvalue weighted by Gasteiger charge is -2.24. The number of ether oxygens (including phenoxy) is 2. The van der Waals surface area contributed by atoms with E-state index in [1.54, 1.807) is 11.9 Å². The molecule has 0 unspecified atom stereocenters. The van der Waals surface area contributed by atoms with Crippen molar-refractivity contribution in [3.05, 3.63) is 29.3 Å². The molecule has 0 spiro atoms. The van der Waals surface area contributed by atoms with E-state index >= 15 is 0 Å². The number of carbonyl (C=O) groups is 1. The van der Waals surface area contributed by atoms with Gasteiger partial charge in [-0.3, -0.25) is 0 Å².